The van der Waals surface area contributed by atoms with Crippen LogP contribution in [-0.4, -0.2) is 34.7 Å². The van der Waals surface area contributed by atoms with Gasteiger partial charge in [0.1, 0.15) is 0 Å². The lowest BCUT2D eigenvalue weighted by atomic mass is 10.2. The zero-order valence-corrected chi connectivity index (χ0v) is 11.1. The van der Waals surface area contributed by atoms with E-state index in [9.17, 15) is 9.59 Å². The fourth-order valence-electron chi connectivity index (χ4n) is 1.23. The van der Waals surface area contributed by atoms with E-state index in [0.717, 1.165) is 6.08 Å². The number of aliphatic hydroxyl groups excluding tert-OH is 1. The lowest BCUT2D eigenvalue weighted by Gasteiger charge is -2.09. The summed E-state index contributed by atoms with van der Waals surface area (Å²) in [6.45, 7) is -0.693. The van der Waals surface area contributed by atoms with Crippen molar-refractivity contribution in [3.05, 3.63) is 39.9 Å². The number of amides is 1. The van der Waals surface area contributed by atoms with Gasteiger partial charge in [0, 0.05) is 21.7 Å². The smallest absolute Gasteiger partial charge is 0.328 e. The van der Waals surface area contributed by atoms with Crippen molar-refractivity contribution < 1.29 is 19.8 Å². The number of aliphatic carboxylic acids is 1. The molecule has 0 aromatic heterocycles. The molecule has 1 atom stereocenters. The number of hydrogen-bond acceptors (Lipinski definition) is 3. The number of hydrogen-bond donors (Lipinski definition) is 3. The summed E-state index contributed by atoms with van der Waals surface area (Å²) in [6.07, 6.45) is 2.47. The Balaban J connectivity index is 2.76. The van der Waals surface area contributed by atoms with Gasteiger partial charge in [-0.15, -0.1) is 0 Å². The Morgan fingerprint density at radius 2 is 1.89 bits per heavy atom. The fraction of sp³-hybridized carbons (Fsp3) is 0.167. The monoisotopic (exact) mass is 303 g/mol. The van der Waals surface area contributed by atoms with Gasteiger partial charge in [-0.1, -0.05) is 29.3 Å². The topological polar surface area (TPSA) is 86.6 Å². The van der Waals surface area contributed by atoms with E-state index < -0.39 is 24.5 Å². The van der Waals surface area contributed by atoms with Crippen LogP contribution < -0.4 is 5.32 Å². The van der Waals surface area contributed by atoms with Gasteiger partial charge in [-0.05, 0) is 18.2 Å². The van der Waals surface area contributed by atoms with Crippen LogP contribution in [0.3, 0.4) is 0 Å². The maximum Gasteiger partial charge on any atom is 0.328 e. The van der Waals surface area contributed by atoms with E-state index >= 15 is 0 Å². The van der Waals surface area contributed by atoms with Crippen LogP contribution in [0.15, 0.2) is 24.3 Å². The molecular weight excluding hydrogens is 293 g/mol. The van der Waals surface area contributed by atoms with Crippen molar-refractivity contribution in [1.29, 1.82) is 0 Å². The lowest BCUT2D eigenvalue weighted by molar-refractivity contribution is -0.142. The van der Waals surface area contributed by atoms with Gasteiger partial charge in [0.2, 0.25) is 5.91 Å². The standard InChI is InChI=1S/C12H11Cl2NO4/c13-8-2-1-3-9(14)7(8)4-5-11(17)15-10(6-16)12(18)19/h1-5,10,16H,6H2,(H,15,17)(H,18,19)/b5-4+/t10-/m1/s1. The Morgan fingerprint density at radius 1 is 1.32 bits per heavy atom. The van der Waals surface area contributed by atoms with Gasteiger partial charge >= 0.3 is 5.97 Å². The number of halogens is 2. The van der Waals surface area contributed by atoms with E-state index in [0.29, 0.717) is 15.6 Å². The van der Waals surface area contributed by atoms with Crippen molar-refractivity contribution in [2.75, 3.05) is 6.61 Å². The van der Waals surface area contributed by atoms with Crippen molar-refractivity contribution in [2.24, 2.45) is 0 Å². The van der Waals surface area contributed by atoms with Gasteiger partial charge in [-0.2, -0.15) is 0 Å². The average Bonchev–Trinajstić information content (AvgIpc) is 2.35. The molecule has 5 nitrogen and oxygen atoms in total. The number of carbonyl (C=O) groups is 2. The quantitative estimate of drug-likeness (QED) is 0.721. The highest BCUT2D eigenvalue weighted by molar-refractivity contribution is 6.37. The molecule has 1 rings (SSSR count). The lowest BCUT2D eigenvalue weighted by Crippen LogP contribution is -2.42. The van der Waals surface area contributed by atoms with Crippen LogP contribution >= 0.6 is 23.2 Å². The molecule has 0 saturated carbocycles. The highest BCUT2D eigenvalue weighted by Crippen LogP contribution is 2.25. The maximum absolute atomic E-state index is 11.5. The average molecular weight is 304 g/mol. The minimum absolute atomic E-state index is 0.369. The first kappa shape index (κ1) is 15.5. The summed E-state index contributed by atoms with van der Waals surface area (Å²) >= 11 is 11.8. The third kappa shape index (κ3) is 4.55. The second-order valence-corrected chi connectivity index (χ2v) is 4.37. The maximum atomic E-state index is 11.5. The molecule has 1 aromatic rings. The van der Waals surface area contributed by atoms with E-state index in [-0.39, 0.29) is 0 Å². The molecule has 0 radical (unpaired) electrons. The van der Waals surface area contributed by atoms with Crippen molar-refractivity contribution >= 4 is 41.2 Å². The van der Waals surface area contributed by atoms with E-state index in [1.807, 2.05) is 0 Å². The highest BCUT2D eigenvalue weighted by Gasteiger charge is 2.17. The second-order valence-electron chi connectivity index (χ2n) is 3.55. The fourth-order valence-corrected chi connectivity index (χ4v) is 1.76. The van der Waals surface area contributed by atoms with Crippen molar-refractivity contribution in [1.82, 2.24) is 5.32 Å². The number of benzene rings is 1. The molecule has 0 unspecified atom stereocenters. The number of aliphatic hydroxyl groups is 1. The Morgan fingerprint density at radius 3 is 2.37 bits per heavy atom. The molecule has 1 aromatic carbocycles. The zero-order chi connectivity index (χ0) is 14.4. The molecule has 0 heterocycles. The summed E-state index contributed by atoms with van der Waals surface area (Å²) in [5, 5.41) is 20.3. The third-order valence-electron chi connectivity index (χ3n) is 2.20. The molecular formula is C12H11Cl2NO4. The summed E-state index contributed by atoms with van der Waals surface area (Å²) in [4.78, 5) is 22.1. The van der Waals surface area contributed by atoms with Gasteiger partial charge < -0.3 is 15.5 Å². The number of carboxylic acids is 1. The Hall–Kier alpha value is -1.56. The molecule has 3 N–H and O–H groups in total. The molecule has 102 valence electrons. The van der Waals surface area contributed by atoms with E-state index in [1.54, 1.807) is 18.2 Å². The predicted molar refractivity (Wildman–Crippen MR) is 72.1 cm³/mol. The van der Waals surface area contributed by atoms with Crippen LogP contribution in [0.5, 0.6) is 0 Å². The van der Waals surface area contributed by atoms with Crippen molar-refractivity contribution in [3.63, 3.8) is 0 Å². The summed E-state index contributed by atoms with van der Waals surface area (Å²) in [6, 6.07) is 3.53. The van der Waals surface area contributed by atoms with Crippen molar-refractivity contribution in [3.8, 4) is 0 Å². The van der Waals surface area contributed by atoms with E-state index in [2.05, 4.69) is 5.32 Å². The molecule has 1 amide bonds. The largest absolute Gasteiger partial charge is 0.480 e. The third-order valence-corrected chi connectivity index (χ3v) is 2.86. The minimum atomic E-state index is -1.35. The van der Waals surface area contributed by atoms with Crippen LogP contribution in [0, 0.1) is 0 Å². The summed E-state index contributed by atoms with van der Waals surface area (Å²) < 4.78 is 0. The van der Waals surface area contributed by atoms with Gasteiger partial charge in [-0.3, -0.25) is 4.79 Å². The molecule has 0 aliphatic rings. The first-order chi connectivity index (χ1) is 8.95. The number of carbonyl (C=O) groups excluding carboxylic acids is 1. The molecule has 0 fully saturated rings. The molecule has 7 heteroatoms. The summed E-state index contributed by atoms with van der Waals surface area (Å²) in [7, 11) is 0. The van der Waals surface area contributed by atoms with Gasteiger partial charge in [0.25, 0.3) is 0 Å². The van der Waals surface area contributed by atoms with Crippen LogP contribution in [0.4, 0.5) is 0 Å². The normalized spacial score (nSPS) is 12.4. The number of rotatable bonds is 5. The summed E-state index contributed by atoms with van der Waals surface area (Å²) in [5.41, 5.74) is 0.455. The SMILES string of the molecule is O=C(/C=C/c1c(Cl)cccc1Cl)N[C@H](CO)C(=O)O. The van der Waals surface area contributed by atoms with E-state index in [4.69, 9.17) is 33.4 Å². The molecule has 0 aliphatic heterocycles. The first-order valence-corrected chi connectivity index (χ1v) is 5.97. The van der Waals surface area contributed by atoms with Crippen LogP contribution in [0.25, 0.3) is 6.08 Å². The summed E-state index contributed by atoms with van der Waals surface area (Å²) in [5.74, 6) is -1.99. The van der Waals surface area contributed by atoms with Gasteiger partial charge in [-0.25, -0.2) is 4.79 Å². The van der Waals surface area contributed by atoms with Crippen molar-refractivity contribution in [2.45, 2.75) is 6.04 Å². The second kappa shape index (κ2) is 7.13. The minimum Gasteiger partial charge on any atom is -0.480 e. The van der Waals surface area contributed by atoms with E-state index in [1.165, 1.54) is 6.08 Å². The molecule has 0 bridgehead atoms. The molecule has 0 saturated heterocycles. The first-order valence-electron chi connectivity index (χ1n) is 5.22. The highest BCUT2D eigenvalue weighted by atomic mass is 35.5. The molecule has 0 spiro atoms. The molecule has 19 heavy (non-hydrogen) atoms. The Labute approximate surface area is 119 Å². The van der Waals surface area contributed by atoms with Crippen LogP contribution in [0.2, 0.25) is 10.0 Å². The predicted octanol–water partition coefficient (Wildman–Crippen LogP) is 1.57. The Bertz CT molecular complexity index is 496. The van der Waals surface area contributed by atoms with Gasteiger partial charge in [0.05, 0.1) is 6.61 Å². The zero-order valence-electron chi connectivity index (χ0n) is 9.64. The Kier molecular flexibility index (Phi) is 5.82. The number of carboxylic acid groups (broad SMARTS) is 1. The van der Waals surface area contributed by atoms with Gasteiger partial charge in [0.15, 0.2) is 6.04 Å². The number of nitrogens with one attached hydrogen (secondary N) is 1. The van der Waals surface area contributed by atoms with Crippen LogP contribution in [0.1, 0.15) is 5.56 Å². The molecule has 0 aliphatic carbocycles. The van der Waals surface area contributed by atoms with Crippen LogP contribution in [-0.2, 0) is 9.59 Å².